The Labute approximate surface area is 161 Å². The van der Waals surface area contributed by atoms with E-state index in [1.165, 1.54) is 5.52 Å². The van der Waals surface area contributed by atoms with Crippen LogP contribution in [0.3, 0.4) is 0 Å². The number of ether oxygens (including phenoxy) is 2. The van der Waals surface area contributed by atoms with Gasteiger partial charge in [-0.2, -0.15) is 0 Å². The average Bonchev–Trinajstić information content (AvgIpc) is 3.07. The van der Waals surface area contributed by atoms with E-state index in [4.69, 9.17) is 14.5 Å². The molecule has 0 fully saturated rings. The van der Waals surface area contributed by atoms with Crippen molar-refractivity contribution < 1.29 is 9.47 Å². The standard InChI is InChI=1S/C22H29N3O2/c1-5-25-19-11-9-8-10-18(19)24-22(25)16(4)23-15-17-12-13-20(26-6-2)21(14-17)27-7-3/h8-14,16,23H,5-7,15H2,1-4H3. The number of fused-ring (bicyclic) bond motifs is 1. The molecule has 0 bridgehead atoms. The van der Waals surface area contributed by atoms with Gasteiger partial charge in [-0.15, -0.1) is 0 Å². The van der Waals surface area contributed by atoms with Gasteiger partial charge in [0.2, 0.25) is 0 Å². The van der Waals surface area contributed by atoms with Crippen LogP contribution in [0.1, 0.15) is 45.1 Å². The van der Waals surface area contributed by atoms with Crippen LogP contribution in [0.2, 0.25) is 0 Å². The minimum Gasteiger partial charge on any atom is -0.490 e. The van der Waals surface area contributed by atoms with Gasteiger partial charge in [0.15, 0.2) is 11.5 Å². The second kappa shape index (κ2) is 8.91. The van der Waals surface area contributed by atoms with E-state index in [2.05, 4.69) is 54.1 Å². The van der Waals surface area contributed by atoms with E-state index in [-0.39, 0.29) is 6.04 Å². The molecule has 5 nitrogen and oxygen atoms in total. The molecule has 5 heteroatoms. The highest BCUT2D eigenvalue weighted by Gasteiger charge is 2.15. The lowest BCUT2D eigenvalue weighted by Gasteiger charge is -2.17. The number of nitrogens with one attached hydrogen (secondary N) is 1. The molecule has 0 amide bonds. The number of para-hydroxylation sites is 2. The first kappa shape index (κ1) is 19.2. The van der Waals surface area contributed by atoms with Crippen molar-refractivity contribution in [2.75, 3.05) is 13.2 Å². The van der Waals surface area contributed by atoms with Gasteiger partial charge in [0.25, 0.3) is 0 Å². The SMILES string of the molecule is CCOc1ccc(CNC(C)c2nc3ccccc3n2CC)cc1OCC. The van der Waals surface area contributed by atoms with E-state index in [1.807, 2.05) is 26.0 Å². The van der Waals surface area contributed by atoms with E-state index in [0.717, 1.165) is 41.5 Å². The minimum atomic E-state index is 0.138. The Hall–Kier alpha value is -2.53. The molecule has 0 saturated carbocycles. The summed E-state index contributed by atoms with van der Waals surface area (Å²) in [5, 5.41) is 3.59. The molecule has 3 aromatic rings. The molecule has 1 N–H and O–H groups in total. The quantitative estimate of drug-likeness (QED) is 0.595. The first-order valence-electron chi connectivity index (χ1n) is 9.74. The Bertz CT molecular complexity index is 888. The number of hydrogen-bond donors (Lipinski definition) is 1. The number of aromatic nitrogens is 2. The summed E-state index contributed by atoms with van der Waals surface area (Å²) in [4.78, 5) is 4.84. The molecule has 1 aromatic heterocycles. The molecule has 2 aromatic carbocycles. The van der Waals surface area contributed by atoms with Crippen LogP contribution in [0.15, 0.2) is 42.5 Å². The monoisotopic (exact) mass is 367 g/mol. The molecule has 0 spiro atoms. The second-order valence-corrected chi connectivity index (χ2v) is 6.45. The van der Waals surface area contributed by atoms with E-state index in [0.29, 0.717) is 13.2 Å². The fourth-order valence-corrected chi connectivity index (χ4v) is 3.32. The zero-order chi connectivity index (χ0) is 19.2. The highest BCUT2D eigenvalue weighted by Crippen LogP contribution is 2.29. The van der Waals surface area contributed by atoms with Crippen molar-refractivity contribution in [1.82, 2.24) is 14.9 Å². The van der Waals surface area contributed by atoms with Crippen molar-refractivity contribution in [1.29, 1.82) is 0 Å². The first-order chi connectivity index (χ1) is 13.2. The van der Waals surface area contributed by atoms with Crippen LogP contribution in [-0.2, 0) is 13.1 Å². The van der Waals surface area contributed by atoms with Crippen molar-refractivity contribution >= 4 is 11.0 Å². The van der Waals surface area contributed by atoms with Crippen molar-refractivity contribution in [3.05, 3.63) is 53.9 Å². The predicted octanol–water partition coefficient (Wildman–Crippen LogP) is 4.70. The molecule has 27 heavy (non-hydrogen) atoms. The maximum absolute atomic E-state index is 5.73. The van der Waals surface area contributed by atoms with Gasteiger partial charge in [-0.05, 0) is 57.5 Å². The molecule has 0 saturated heterocycles. The Morgan fingerprint density at radius 2 is 1.74 bits per heavy atom. The summed E-state index contributed by atoms with van der Waals surface area (Å²) in [5.74, 6) is 2.66. The van der Waals surface area contributed by atoms with Gasteiger partial charge >= 0.3 is 0 Å². The van der Waals surface area contributed by atoms with E-state index >= 15 is 0 Å². The fourth-order valence-electron chi connectivity index (χ4n) is 3.32. The third kappa shape index (κ3) is 4.25. The Morgan fingerprint density at radius 1 is 1.00 bits per heavy atom. The zero-order valence-corrected chi connectivity index (χ0v) is 16.7. The lowest BCUT2D eigenvalue weighted by molar-refractivity contribution is 0.287. The maximum Gasteiger partial charge on any atom is 0.161 e. The predicted molar refractivity (Wildman–Crippen MR) is 109 cm³/mol. The number of imidazole rings is 1. The van der Waals surface area contributed by atoms with Gasteiger partial charge in [-0.25, -0.2) is 4.98 Å². The lowest BCUT2D eigenvalue weighted by atomic mass is 10.2. The summed E-state index contributed by atoms with van der Waals surface area (Å²) in [6.45, 7) is 11.2. The molecular weight excluding hydrogens is 338 g/mol. The van der Waals surface area contributed by atoms with Gasteiger partial charge < -0.3 is 19.4 Å². The van der Waals surface area contributed by atoms with Crippen LogP contribution in [0.25, 0.3) is 11.0 Å². The van der Waals surface area contributed by atoms with Crippen LogP contribution in [0.4, 0.5) is 0 Å². The molecule has 1 unspecified atom stereocenters. The molecule has 144 valence electrons. The molecule has 1 atom stereocenters. The molecule has 0 aliphatic carbocycles. The largest absolute Gasteiger partial charge is 0.490 e. The topological polar surface area (TPSA) is 48.3 Å². The minimum absolute atomic E-state index is 0.138. The number of rotatable bonds is 9. The van der Waals surface area contributed by atoms with Gasteiger partial charge in [-0.3, -0.25) is 0 Å². The Kier molecular flexibility index (Phi) is 6.35. The third-order valence-electron chi connectivity index (χ3n) is 4.61. The highest BCUT2D eigenvalue weighted by atomic mass is 16.5. The molecule has 0 aliphatic rings. The van der Waals surface area contributed by atoms with Crippen LogP contribution in [-0.4, -0.2) is 22.8 Å². The summed E-state index contributed by atoms with van der Waals surface area (Å²) in [6, 6.07) is 14.5. The summed E-state index contributed by atoms with van der Waals surface area (Å²) in [7, 11) is 0. The van der Waals surface area contributed by atoms with Gasteiger partial charge in [0.05, 0.1) is 30.3 Å². The number of benzene rings is 2. The number of aryl methyl sites for hydroxylation is 1. The van der Waals surface area contributed by atoms with E-state index in [1.54, 1.807) is 0 Å². The summed E-state index contributed by atoms with van der Waals surface area (Å²) < 4.78 is 13.6. The lowest BCUT2D eigenvalue weighted by Crippen LogP contribution is -2.21. The molecule has 0 aliphatic heterocycles. The van der Waals surface area contributed by atoms with Crippen LogP contribution in [0, 0.1) is 0 Å². The summed E-state index contributed by atoms with van der Waals surface area (Å²) in [6.07, 6.45) is 0. The van der Waals surface area contributed by atoms with Gasteiger partial charge in [-0.1, -0.05) is 18.2 Å². The van der Waals surface area contributed by atoms with E-state index in [9.17, 15) is 0 Å². The summed E-state index contributed by atoms with van der Waals surface area (Å²) in [5.41, 5.74) is 3.39. The van der Waals surface area contributed by atoms with Crippen LogP contribution < -0.4 is 14.8 Å². The second-order valence-electron chi connectivity index (χ2n) is 6.45. The fraction of sp³-hybridized carbons (Fsp3) is 0.409. The van der Waals surface area contributed by atoms with Gasteiger partial charge in [0.1, 0.15) is 5.82 Å². The van der Waals surface area contributed by atoms with Crippen LogP contribution >= 0.6 is 0 Å². The van der Waals surface area contributed by atoms with Crippen molar-refractivity contribution in [2.45, 2.75) is 46.8 Å². The smallest absolute Gasteiger partial charge is 0.161 e. The molecule has 1 heterocycles. The number of nitrogens with zero attached hydrogens (tertiary/aromatic N) is 2. The molecular formula is C22H29N3O2. The molecule has 3 rings (SSSR count). The van der Waals surface area contributed by atoms with Crippen LogP contribution in [0.5, 0.6) is 11.5 Å². The van der Waals surface area contributed by atoms with Crippen molar-refractivity contribution in [3.8, 4) is 11.5 Å². The van der Waals surface area contributed by atoms with Crippen molar-refractivity contribution in [2.24, 2.45) is 0 Å². The Balaban J connectivity index is 1.76. The highest BCUT2D eigenvalue weighted by molar-refractivity contribution is 5.76. The first-order valence-corrected chi connectivity index (χ1v) is 9.74. The zero-order valence-electron chi connectivity index (χ0n) is 16.7. The van der Waals surface area contributed by atoms with E-state index < -0.39 is 0 Å². The maximum atomic E-state index is 5.73. The van der Waals surface area contributed by atoms with Gasteiger partial charge in [0, 0.05) is 13.1 Å². The Morgan fingerprint density at radius 3 is 2.48 bits per heavy atom. The third-order valence-corrected chi connectivity index (χ3v) is 4.61. The number of hydrogen-bond acceptors (Lipinski definition) is 4. The normalized spacial score (nSPS) is 12.3. The molecule has 0 radical (unpaired) electrons. The average molecular weight is 367 g/mol. The summed E-state index contributed by atoms with van der Waals surface area (Å²) >= 11 is 0. The van der Waals surface area contributed by atoms with Crippen molar-refractivity contribution in [3.63, 3.8) is 0 Å².